The van der Waals surface area contributed by atoms with Gasteiger partial charge in [0, 0.05) is 0 Å². The monoisotopic (exact) mass is 1150 g/mol. The van der Waals surface area contributed by atoms with E-state index >= 15 is 17.6 Å². The highest BCUT2D eigenvalue weighted by Gasteiger charge is 2.45. The Labute approximate surface area is 461 Å². The smallest absolute Gasteiger partial charge is 0.197 e. The zero-order valence-electron chi connectivity index (χ0n) is 46.0. The van der Waals surface area contributed by atoms with Crippen LogP contribution < -0.4 is 26.8 Å². The van der Waals surface area contributed by atoms with Gasteiger partial charge in [-0.25, -0.2) is 70.2 Å². The normalized spacial score (nSPS) is 11.7. The molecule has 1 N–H and O–H groups in total. The van der Waals surface area contributed by atoms with Crippen molar-refractivity contribution in [2.24, 2.45) is 0 Å². The molecule has 0 spiro atoms. The highest BCUT2D eigenvalue weighted by atomic mass is 19.2. The lowest BCUT2D eigenvalue weighted by Crippen LogP contribution is -3.07. The zero-order valence-corrected chi connectivity index (χ0v) is 46.0. The lowest BCUT2D eigenvalue weighted by atomic mass is 9.12. The number of rotatable bonds is 35. The SMILES string of the molecule is CCCCCCCCCCCCCCCC[NH+](CCCCCCCCCCCCCCCC)c1ccccc1.Fc1cc([B-](c2cc(F)c(F)c(F)c2F)(c2cc(F)c(F)c(F)c2F)c2cc(F)c(F)c(F)c2F)c(F)c(F)c1F. The van der Waals surface area contributed by atoms with E-state index in [2.05, 4.69) is 44.2 Å². The van der Waals surface area contributed by atoms with Gasteiger partial charge in [-0.15, -0.1) is 0 Å². The first kappa shape index (κ1) is 67.5. The lowest BCUT2D eigenvalue weighted by Gasteiger charge is -2.44. The highest BCUT2D eigenvalue weighted by Crippen LogP contribution is 2.27. The predicted octanol–water partition coefficient (Wildman–Crippen LogP) is 17.5. The summed E-state index contributed by atoms with van der Waals surface area (Å²) < 4.78 is 232. The van der Waals surface area contributed by atoms with Crippen molar-refractivity contribution in [2.75, 3.05) is 13.1 Å². The van der Waals surface area contributed by atoms with E-state index < -0.39 is 145 Å². The van der Waals surface area contributed by atoms with Crippen LogP contribution in [0.3, 0.4) is 0 Å². The number of unbranched alkanes of at least 4 members (excludes halogenated alkanes) is 26. The van der Waals surface area contributed by atoms with Crippen molar-refractivity contribution in [3.8, 4) is 0 Å². The average Bonchev–Trinajstić information content (AvgIpc) is 3.14. The summed E-state index contributed by atoms with van der Waals surface area (Å²) in [6.07, 6.45) is 34.9. The molecule has 80 heavy (non-hydrogen) atoms. The van der Waals surface area contributed by atoms with Crippen LogP contribution in [0.1, 0.15) is 194 Å². The van der Waals surface area contributed by atoms with Gasteiger partial charge >= 0.3 is 0 Å². The van der Waals surface area contributed by atoms with Crippen LogP contribution >= 0.6 is 0 Å². The topological polar surface area (TPSA) is 4.44 Å². The molecule has 0 aliphatic rings. The van der Waals surface area contributed by atoms with Gasteiger partial charge in [-0.3, -0.25) is 0 Å². The molecule has 1 nitrogen and oxygen atoms in total. The molecular weight excluding hydrogens is 1070 g/mol. The van der Waals surface area contributed by atoms with Crippen LogP contribution in [-0.2, 0) is 0 Å². The Kier molecular flexibility index (Phi) is 29.6. The third-order valence-electron chi connectivity index (χ3n) is 15.2. The fourth-order valence-corrected chi connectivity index (χ4v) is 10.8. The molecule has 0 fully saturated rings. The molecule has 18 heteroatoms. The largest absolute Gasteiger partial charge is 0.302 e. The van der Waals surface area contributed by atoms with Crippen LogP contribution in [0.4, 0.5) is 75.9 Å². The van der Waals surface area contributed by atoms with Gasteiger partial charge in [-0.2, -0.15) is 21.9 Å². The van der Waals surface area contributed by atoms with Gasteiger partial charge in [-0.05, 0) is 37.8 Å². The summed E-state index contributed by atoms with van der Waals surface area (Å²) in [6.45, 7) is 7.25. The minimum Gasteiger partial charge on any atom is -0.302 e. The zero-order chi connectivity index (χ0) is 58.8. The lowest BCUT2D eigenvalue weighted by molar-refractivity contribution is -0.833. The van der Waals surface area contributed by atoms with Gasteiger partial charge in [0.2, 0.25) is 0 Å². The van der Waals surface area contributed by atoms with Crippen molar-refractivity contribution in [2.45, 2.75) is 194 Å². The number of hydrogen-bond donors (Lipinski definition) is 1. The van der Waals surface area contributed by atoms with Gasteiger partial charge in [0.25, 0.3) is 0 Å². The molecule has 0 aromatic heterocycles. The maximum atomic E-state index is 15.3. The van der Waals surface area contributed by atoms with Crippen LogP contribution in [0.25, 0.3) is 0 Å². The maximum absolute atomic E-state index is 15.3. The van der Waals surface area contributed by atoms with Gasteiger partial charge in [0.05, 0.1) is 13.1 Å². The Morgan fingerprint density at radius 1 is 0.263 bits per heavy atom. The van der Waals surface area contributed by atoms with E-state index in [0.29, 0.717) is 0 Å². The number of halogens is 16. The Morgan fingerprint density at radius 3 is 0.700 bits per heavy atom. The summed E-state index contributed by atoms with van der Waals surface area (Å²) in [5.74, 6) is -44.3. The van der Waals surface area contributed by atoms with E-state index in [-0.39, 0.29) is 0 Å². The first-order chi connectivity index (χ1) is 38.4. The summed E-state index contributed by atoms with van der Waals surface area (Å²) in [5.41, 5.74) is -7.54. The standard InChI is InChI=1S/C38H71N.C24H4BF16/c1-3-5-7-9-11-13-15-17-19-21-23-25-27-32-36-39(38-34-30-29-31-35-38)37-33-28-26-24-22-20-18-16-14-12-10-8-6-4-2;26-9-1-5(13(30)21(38)17(9)34)25(6-2-10(27)18(35)22(39)14(6)31,7-3-11(28)19(36)23(40)15(7)32)8-4-12(29)20(37)24(41)16(8)33/h29-31,34-35H,3-28,32-33,36-37H2,1-2H3;1-4H/q;-1/p+1. The molecule has 0 aliphatic carbocycles. The molecule has 0 amide bonds. The van der Waals surface area contributed by atoms with Crippen LogP contribution in [0.2, 0.25) is 0 Å². The van der Waals surface area contributed by atoms with E-state index in [1.807, 2.05) is 0 Å². The molecule has 444 valence electrons. The second kappa shape index (κ2) is 35.1. The van der Waals surface area contributed by atoms with E-state index in [4.69, 9.17) is 0 Å². The summed E-state index contributed by atoms with van der Waals surface area (Å²) in [5, 5.41) is 0. The summed E-state index contributed by atoms with van der Waals surface area (Å²) >= 11 is 0. The van der Waals surface area contributed by atoms with E-state index in [0.717, 1.165) is 0 Å². The molecule has 0 saturated heterocycles. The first-order valence-corrected chi connectivity index (χ1v) is 28.8. The predicted molar refractivity (Wildman–Crippen MR) is 287 cm³/mol. The van der Waals surface area contributed by atoms with Gasteiger partial charge in [0.15, 0.2) is 69.8 Å². The average molecular weight is 1150 g/mol. The third kappa shape index (κ3) is 18.5. The Bertz CT molecular complexity index is 2380. The van der Waals surface area contributed by atoms with Crippen molar-refractivity contribution >= 4 is 33.7 Å². The van der Waals surface area contributed by atoms with E-state index in [1.54, 1.807) is 4.90 Å². The van der Waals surface area contributed by atoms with Crippen molar-refractivity contribution in [3.05, 3.63) is 148 Å². The molecule has 5 aromatic rings. The minimum atomic E-state index is -5.62. The summed E-state index contributed by atoms with van der Waals surface area (Å²) in [7, 11) is 0. The molecule has 0 heterocycles. The third-order valence-corrected chi connectivity index (χ3v) is 15.2. The Balaban J connectivity index is 0.000000345. The van der Waals surface area contributed by atoms with Crippen molar-refractivity contribution in [1.82, 2.24) is 0 Å². The number of hydrogen-bond acceptors (Lipinski definition) is 0. The molecule has 0 saturated carbocycles. The minimum absolute atomic E-state index is 0.621. The summed E-state index contributed by atoms with van der Waals surface area (Å²) in [6, 6.07) is 8.84. The fraction of sp³-hybridized carbons (Fsp3) is 0.516. The maximum Gasteiger partial charge on any atom is 0.197 e. The molecule has 0 unspecified atom stereocenters. The molecular formula is C62H76BF16N. The van der Waals surface area contributed by atoms with Crippen LogP contribution in [0, 0.1) is 93.1 Å². The number of benzene rings is 5. The van der Waals surface area contributed by atoms with Crippen LogP contribution in [-0.4, -0.2) is 19.2 Å². The van der Waals surface area contributed by atoms with Crippen LogP contribution in [0.15, 0.2) is 54.6 Å². The van der Waals surface area contributed by atoms with Crippen molar-refractivity contribution in [1.29, 1.82) is 0 Å². The van der Waals surface area contributed by atoms with Crippen LogP contribution in [0.5, 0.6) is 0 Å². The van der Waals surface area contributed by atoms with Crippen molar-refractivity contribution < 1.29 is 75.1 Å². The van der Waals surface area contributed by atoms with Crippen molar-refractivity contribution in [3.63, 3.8) is 0 Å². The molecule has 0 radical (unpaired) electrons. The quantitative estimate of drug-likeness (QED) is 0.0136. The highest BCUT2D eigenvalue weighted by molar-refractivity contribution is 7.20. The van der Waals surface area contributed by atoms with Gasteiger partial charge in [-0.1, -0.05) is 210 Å². The Hall–Kier alpha value is -5.00. The number of para-hydroxylation sites is 1. The summed E-state index contributed by atoms with van der Waals surface area (Å²) in [4.78, 5) is 1.73. The second-order valence-electron chi connectivity index (χ2n) is 21.1. The molecule has 5 aromatic carbocycles. The molecule has 0 bridgehead atoms. The van der Waals surface area contributed by atoms with E-state index in [9.17, 15) is 52.7 Å². The second-order valence-corrected chi connectivity index (χ2v) is 21.1. The van der Waals surface area contributed by atoms with E-state index in [1.165, 1.54) is 199 Å². The number of quaternary nitrogens is 1. The first-order valence-electron chi connectivity index (χ1n) is 28.8. The molecule has 5 rings (SSSR count). The van der Waals surface area contributed by atoms with Gasteiger partial charge in [0.1, 0.15) is 35.1 Å². The fourth-order valence-electron chi connectivity index (χ4n) is 10.8. The molecule has 0 atom stereocenters. The Morgan fingerprint density at radius 2 is 0.475 bits per heavy atom. The number of nitrogens with one attached hydrogen (secondary N) is 1. The molecule has 0 aliphatic heterocycles. The van der Waals surface area contributed by atoms with Gasteiger partial charge < -0.3 is 4.90 Å².